The zero-order valence-electron chi connectivity index (χ0n) is 13.0. The molecular weight excluding hydrogens is 236 g/mol. The van der Waals surface area contributed by atoms with Gasteiger partial charge in [0.2, 0.25) is 0 Å². The van der Waals surface area contributed by atoms with Gasteiger partial charge in [0.05, 0.1) is 6.42 Å². The fourth-order valence-electron chi connectivity index (χ4n) is 1.86. The third-order valence-electron chi connectivity index (χ3n) is 3.37. The Labute approximate surface area is 117 Å². The minimum Gasteiger partial charge on any atom is -0.481 e. The van der Waals surface area contributed by atoms with E-state index < -0.39 is 5.97 Å². The van der Waals surface area contributed by atoms with Crippen LogP contribution in [0.4, 0.5) is 0 Å². The number of carboxylic acid groups (broad SMARTS) is 1. The summed E-state index contributed by atoms with van der Waals surface area (Å²) in [6.45, 7) is 10.3. The molecular formula is C17H28O2. The molecule has 0 aliphatic rings. The maximum Gasteiger partial charge on any atom is 0.303 e. The first-order valence-electron chi connectivity index (χ1n) is 7.00. The molecule has 0 spiro atoms. The molecule has 108 valence electrons. The smallest absolute Gasteiger partial charge is 0.303 e. The van der Waals surface area contributed by atoms with Crippen LogP contribution in [-0.4, -0.2) is 11.1 Å². The zero-order chi connectivity index (χ0) is 14.8. The van der Waals surface area contributed by atoms with Gasteiger partial charge < -0.3 is 5.11 Å². The number of carbonyl (C=O) groups is 1. The number of aliphatic carboxylic acids is 1. The highest BCUT2D eigenvalue weighted by atomic mass is 16.4. The Morgan fingerprint density at radius 1 is 1.16 bits per heavy atom. The van der Waals surface area contributed by atoms with Crippen LogP contribution in [-0.2, 0) is 4.79 Å². The van der Waals surface area contributed by atoms with Crippen LogP contribution in [0.25, 0.3) is 0 Å². The molecule has 1 atom stereocenters. The highest BCUT2D eigenvalue weighted by Gasteiger charge is 2.13. The van der Waals surface area contributed by atoms with Crippen LogP contribution in [0.15, 0.2) is 34.9 Å². The maximum atomic E-state index is 10.9. The third kappa shape index (κ3) is 9.29. The molecule has 1 unspecified atom stereocenters. The van der Waals surface area contributed by atoms with Crippen molar-refractivity contribution in [3.05, 3.63) is 34.9 Å². The molecule has 0 amide bonds. The quantitative estimate of drug-likeness (QED) is 0.617. The van der Waals surface area contributed by atoms with Gasteiger partial charge in [-0.25, -0.2) is 0 Å². The van der Waals surface area contributed by atoms with E-state index in [4.69, 9.17) is 5.11 Å². The van der Waals surface area contributed by atoms with Crippen LogP contribution in [0.1, 0.15) is 60.3 Å². The molecule has 0 heterocycles. The van der Waals surface area contributed by atoms with E-state index in [2.05, 4.69) is 32.1 Å². The fraction of sp³-hybridized carbons (Fsp3) is 0.588. The van der Waals surface area contributed by atoms with Crippen molar-refractivity contribution in [2.24, 2.45) is 5.92 Å². The van der Waals surface area contributed by atoms with Crippen molar-refractivity contribution in [2.45, 2.75) is 60.3 Å². The lowest BCUT2D eigenvalue weighted by Crippen LogP contribution is -2.08. The van der Waals surface area contributed by atoms with Crippen molar-refractivity contribution < 1.29 is 9.90 Å². The van der Waals surface area contributed by atoms with E-state index in [1.165, 1.54) is 16.7 Å². The van der Waals surface area contributed by atoms with Crippen molar-refractivity contribution >= 4 is 5.97 Å². The van der Waals surface area contributed by atoms with Crippen LogP contribution in [0, 0.1) is 5.92 Å². The lowest BCUT2D eigenvalue weighted by atomic mass is 9.91. The maximum absolute atomic E-state index is 10.9. The monoisotopic (exact) mass is 264 g/mol. The normalized spacial score (nSPS) is 14.2. The topological polar surface area (TPSA) is 37.3 Å². The average Bonchev–Trinajstić information content (AvgIpc) is 2.33. The van der Waals surface area contributed by atoms with Crippen molar-refractivity contribution in [3.63, 3.8) is 0 Å². The van der Waals surface area contributed by atoms with Crippen LogP contribution in [0.2, 0.25) is 0 Å². The summed E-state index contributed by atoms with van der Waals surface area (Å²) in [6.07, 6.45) is 9.53. The van der Waals surface area contributed by atoms with E-state index in [0.29, 0.717) is 0 Å². The predicted molar refractivity (Wildman–Crippen MR) is 82.2 cm³/mol. The third-order valence-corrected chi connectivity index (χ3v) is 3.37. The number of rotatable bonds is 8. The van der Waals surface area contributed by atoms with Crippen LogP contribution in [0.5, 0.6) is 0 Å². The van der Waals surface area contributed by atoms with E-state index in [1.807, 2.05) is 20.8 Å². The first-order valence-corrected chi connectivity index (χ1v) is 7.00. The van der Waals surface area contributed by atoms with E-state index in [9.17, 15) is 4.79 Å². The Balaban J connectivity index is 4.60. The van der Waals surface area contributed by atoms with Crippen LogP contribution in [0.3, 0.4) is 0 Å². The molecule has 0 radical (unpaired) electrons. The average molecular weight is 264 g/mol. The van der Waals surface area contributed by atoms with Gasteiger partial charge in [0.25, 0.3) is 0 Å². The summed E-state index contributed by atoms with van der Waals surface area (Å²) in [5, 5.41) is 8.99. The van der Waals surface area contributed by atoms with Crippen molar-refractivity contribution in [2.75, 3.05) is 0 Å². The summed E-state index contributed by atoms with van der Waals surface area (Å²) in [7, 11) is 0. The fourth-order valence-corrected chi connectivity index (χ4v) is 1.86. The van der Waals surface area contributed by atoms with Crippen molar-refractivity contribution in [1.82, 2.24) is 0 Å². The molecule has 0 saturated heterocycles. The van der Waals surface area contributed by atoms with Gasteiger partial charge in [0, 0.05) is 0 Å². The van der Waals surface area contributed by atoms with E-state index in [-0.39, 0.29) is 12.3 Å². The van der Waals surface area contributed by atoms with E-state index >= 15 is 0 Å². The van der Waals surface area contributed by atoms with Gasteiger partial charge in [-0.05, 0) is 59.8 Å². The van der Waals surface area contributed by atoms with Gasteiger partial charge in [-0.3, -0.25) is 4.79 Å². The lowest BCUT2D eigenvalue weighted by Gasteiger charge is -2.14. The van der Waals surface area contributed by atoms with Gasteiger partial charge in [0.1, 0.15) is 0 Å². The van der Waals surface area contributed by atoms with Gasteiger partial charge in [0.15, 0.2) is 0 Å². The second kappa shape index (κ2) is 9.60. The SMILES string of the molecule is CC=C(C)CCC=C(C)C(CC=C(C)C)CC(=O)O. The number of allylic oxidation sites excluding steroid dienone is 6. The predicted octanol–water partition coefficient (Wildman–Crippen LogP) is 5.13. The summed E-state index contributed by atoms with van der Waals surface area (Å²) in [4.78, 5) is 10.9. The minimum atomic E-state index is -0.718. The molecule has 0 fully saturated rings. The molecule has 0 rings (SSSR count). The molecule has 2 nitrogen and oxygen atoms in total. The Bertz CT molecular complexity index is 369. The summed E-state index contributed by atoms with van der Waals surface area (Å²) in [5.74, 6) is -0.595. The molecule has 0 aliphatic heterocycles. The van der Waals surface area contributed by atoms with Gasteiger partial charge in [-0.2, -0.15) is 0 Å². The summed E-state index contributed by atoms with van der Waals surface area (Å²) >= 11 is 0. The summed E-state index contributed by atoms with van der Waals surface area (Å²) in [6, 6.07) is 0. The first kappa shape index (κ1) is 17.7. The highest BCUT2D eigenvalue weighted by molar-refractivity contribution is 5.67. The molecule has 0 bridgehead atoms. The molecule has 0 aliphatic carbocycles. The molecule has 0 saturated carbocycles. The largest absolute Gasteiger partial charge is 0.481 e. The van der Waals surface area contributed by atoms with Crippen molar-refractivity contribution in [3.8, 4) is 0 Å². The van der Waals surface area contributed by atoms with Gasteiger partial charge >= 0.3 is 5.97 Å². The Kier molecular flexibility index (Phi) is 8.94. The molecule has 19 heavy (non-hydrogen) atoms. The van der Waals surface area contributed by atoms with Gasteiger partial charge in [-0.15, -0.1) is 0 Å². The number of carboxylic acids is 1. The Morgan fingerprint density at radius 3 is 2.26 bits per heavy atom. The highest BCUT2D eigenvalue weighted by Crippen LogP contribution is 2.22. The summed E-state index contributed by atoms with van der Waals surface area (Å²) in [5.41, 5.74) is 3.82. The van der Waals surface area contributed by atoms with Crippen molar-refractivity contribution in [1.29, 1.82) is 0 Å². The molecule has 2 heteroatoms. The van der Waals surface area contributed by atoms with E-state index in [0.717, 1.165) is 19.3 Å². The molecule has 0 aromatic heterocycles. The first-order chi connectivity index (χ1) is 8.86. The van der Waals surface area contributed by atoms with Crippen LogP contribution < -0.4 is 0 Å². The Morgan fingerprint density at radius 2 is 1.79 bits per heavy atom. The zero-order valence-corrected chi connectivity index (χ0v) is 13.0. The van der Waals surface area contributed by atoms with Crippen LogP contribution >= 0.6 is 0 Å². The second-order valence-electron chi connectivity index (χ2n) is 5.43. The number of hydrogen-bond donors (Lipinski definition) is 1. The molecule has 1 N–H and O–H groups in total. The van der Waals surface area contributed by atoms with E-state index in [1.54, 1.807) is 0 Å². The lowest BCUT2D eigenvalue weighted by molar-refractivity contribution is -0.137. The molecule has 0 aromatic carbocycles. The standard InChI is InChI=1S/C17H28O2/c1-6-14(4)8-7-9-15(5)16(12-17(18)19)11-10-13(2)3/h6,9-10,16H,7-8,11-12H2,1-5H3,(H,18,19). The second-order valence-corrected chi connectivity index (χ2v) is 5.43. The van der Waals surface area contributed by atoms with Gasteiger partial charge in [-0.1, -0.05) is 34.9 Å². The Hall–Kier alpha value is -1.31. The minimum absolute atomic E-state index is 0.123. The summed E-state index contributed by atoms with van der Waals surface area (Å²) < 4.78 is 0. The number of hydrogen-bond acceptors (Lipinski definition) is 1. The molecule has 0 aromatic rings.